The van der Waals surface area contributed by atoms with Crippen LogP contribution < -0.4 is 0 Å². The molecule has 2 unspecified atom stereocenters. The molecule has 1 N–H and O–H groups in total. The predicted molar refractivity (Wildman–Crippen MR) is 106 cm³/mol. The summed E-state index contributed by atoms with van der Waals surface area (Å²) in [6, 6.07) is 9.89. The Labute approximate surface area is 159 Å². The highest BCUT2D eigenvalue weighted by atomic mass is 32.1. The van der Waals surface area contributed by atoms with Crippen LogP contribution in [0.2, 0.25) is 0 Å². The Hall–Kier alpha value is -1.65. The molecule has 138 valence electrons. The number of nitrogens with zero attached hydrogens (tertiary/aromatic N) is 1. The van der Waals surface area contributed by atoms with Crippen LogP contribution in [0.4, 0.5) is 0 Å². The van der Waals surface area contributed by atoms with Gasteiger partial charge in [-0.1, -0.05) is 37.3 Å². The van der Waals surface area contributed by atoms with E-state index in [9.17, 15) is 9.90 Å². The van der Waals surface area contributed by atoms with Crippen molar-refractivity contribution in [2.75, 3.05) is 13.1 Å². The van der Waals surface area contributed by atoms with Gasteiger partial charge in [0.25, 0.3) is 5.91 Å². The molecule has 2 atom stereocenters. The summed E-state index contributed by atoms with van der Waals surface area (Å²) in [5.74, 6) is 1.17. The van der Waals surface area contributed by atoms with Crippen LogP contribution in [0.5, 0.6) is 0 Å². The van der Waals surface area contributed by atoms with Crippen LogP contribution in [-0.2, 0) is 12.8 Å². The Bertz CT molecular complexity index is 762. The van der Waals surface area contributed by atoms with Crippen molar-refractivity contribution in [3.05, 3.63) is 57.3 Å². The third kappa shape index (κ3) is 3.45. The van der Waals surface area contributed by atoms with Gasteiger partial charge in [-0.15, -0.1) is 11.3 Å². The topological polar surface area (TPSA) is 40.5 Å². The molecule has 1 aromatic carbocycles. The Balaban J connectivity index is 1.40. The quantitative estimate of drug-likeness (QED) is 0.868. The summed E-state index contributed by atoms with van der Waals surface area (Å²) in [7, 11) is 0. The van der Waals surface area contributed by atoms with E-state index < -0.39 is 6.10 Å². The third-order valence-electron chi connectivity index (χ3n) is 6.05. The van der Waals surface area contributed by atoms with Gasteiger partial charge in [0.2, 0.25) is 0 Å². The predicted octanol–water partition coefficient (Wildman–Crippen LogP) is 4.46. The molecule has 1 aromatic heterocycles. The van der Waals surface area contributed by atoms with Crippen LogP contribution in [0.25, 0.3) is 0 Å². The van der Waals surface area contributed by atoms with Gasteiger partial charge in [-0.2, -0.15) is 0 Å². The summed E-state index contributed by atoms with van der Waals surface area (Å²) >= 11 is 1.76. The minimum Gasteiger partial charge on any atom is -0.388 e. The molecule has 1 saturated heterocycles. The Kier molecular flexibility index (Phi) is 5.14. The molecule has 0 bridgehead atoms. The van der Waals surface area contributed by atoms with Crippen molar-refractivity contribution in [2.45, 2.75) is 45.1 Å². The summed E-state index contributed by atoms with van der Waals surface area (Å²) < 4.78 is 0. The number of aliphatic hydroxyl groups is 1. The molecule has 1 aliphatic carbocycles. The fraction of sp³-hybridized carbons (Fsp3) is 0.500. The monoisotopic (exact) mass is 369 g/mol. The van der Waals surface area contributed by atoms with E-state index in [2.05, 4.69) is 12.3 Å². The molecule has 0 spiro atoms. The van der Waals surface area contributed by atoms with Gasteiger partial charge >= 0.3 is 0 Å². The smallest absolute Gasteiger partial charge is 0.254 e. The molecule has 1 aliphatic heterocycles. The molecule has 2 aromatic rings. The lowest BCUT2D eigenvalue weighted by Crippen LogP contribution is -2.40. The minimum absolute atomic E-state index is 0.199. The van der Waals surface area contributed by atoms with Crippen molar-refractivity contribution in [1.29, 1.82) is 0 Å². The number of benzene rings is 1. The van der Waals surface area contributed by atoms with Crippen LogP contribution in [0.15, 0.2) is 35.7 Å². The number of thiophene rings is 1. The highest BCUT2D eigenvalue weighted by Crippen LogP contribution is 2.35. The normalized spacial score (nSPS) is 22.1. The number of aliphatic hydroxyl groups excluding tert-OH is 1. The zero-order valence-corrected chi connectivity index (χ0v) is 16.2. The van der Waals surface area contributed by atoms with Crippen LogP contribution in [-0.4, -0.2) is 29.0 Å². The van der Waals surface area contributed by atoms with Crippen molar-refractivity contribution < 1.29 is 9.90 Å². The van der Waals surface area contributed by atoms with Gasteiger partial charge in [-0.05, 0) is 55.1 Å². The summed E-state index contributed by atoms with van der Waals surface area (Å²) in [5.41, 5.74) is 3.24. The van der Waals surface area contributed by atoms with E-state index in [-0.39, 0.29) is 11.8 Å². The lowest BCUT2D eigenvalue weighted by atomic mass is 9.86. The van der Waals surface area contributed by atoms with Crippen molar-refractivity contribution in [3.63, 3.8) is 0 Å². The van der Waals surface area contributed by atoms with Gasteiger partial charge in [0, 0.05) is 23.3 Å². The van der Waals surface area contributed by atoms with Gasteiger partial charge in [0.05, 0.1) is 11.7 Å². The molecule has 0 radical (unpaired) electrons. The maximum absolute atomic E-state index is 13.0. The Morgan fingerprint density at radius 2 is 1.92 bits per heavy atom. The number of amides is 1. The van der Waals surface area contributed by atoms with Crippen LogP contribution in [0.1, 0.15) is 58.7 Å². The zero-order chi connectivity index (χ0) is 18.1. The maximum Gasteiger partial charge on any atom is 0.254 e. The maximum atomic E-state index is 13.0. The molecule has 0 saturated carbocycles. The average molecular weight is 370 g/mol. The number of likely N-dealkylation sites (tertiary alicyclic amines) is 1. The van der Waals surface area contributed by atoms with Gasteiger partial charge in [-0.3, -0.25) is 4.79 Å². The molecule has 2 heterocycles. The summed E-state index contributed by atoms with van der Waals surface area (Å²) in [4.78, 5) is 16.4. The molecule has 4 heteroatoms. The first-order valence-corrected chi connectivity index (χ1v) is 10.6. The zero-order valence-electron chi connectivity index (χ0n) is 15.4. The summed E-state index contributed by atoms with van der Waals surface area (Å²) in [6.45, 7) is 3.79. The number of hydrogen-bond donors (Lipinski definition) is 1. The summed E-state index contributed by atoms with van der Waals surface area (Å²) in [5, 5.41) is 12.7. The number of fused-ring (bicyclic) bond motifs is 1. The first-order valence-electron chi connectivity index (χ1n) is 9.75. The molecule has 4 rings (SSSR count). The molecular formula is C22H27NO2S. The highest BCUT2D eigenvalue weighted by Gasteiger charge is 2.31. The van der Waals surface area contributed by atoms with Crippen molar-refractivity contribution in [1.82, 2.24) is 4.90 Å². The second-order valence-electron chi connectivity index (χ2n) is 7.88. The van der Waals surface area contributed by atoms with E-state index in [1.807, 2.05) is 35.2 Å². The molecule has 1 amide bonds. The average Bonchev–Trinajstić information content (AvgIpc) is 3.10. The first-order chi connectivity index (χ1) is 12.6. The number of hydrogen-bond acceptors (Lipinski definition) is 3. The lowest BCUT2D eigenvalue weighted by Gasteiger charge is -2.34. The van der Waals surface area contributed by atoms with E-state index in [1.165, 1.54) is 16.9 Å². The fourth-order valence-corrected chi connectivity index (χ4v) is 5.61. The standard InChI is InChI=1S/C22H27NO2S/c1-15-7-8-18-19(14-26-20(18)13-15)22(25)23-11-9-17(10-12-23)21(24)16-5-3-2-4-6-16/h2-6,14-15,17,21,24H,7-13H2,1H3. The molecular weight excluding hydrogens is 342 g/mol. The van der Waals surface area contributed by atoms with Gasteiger partial charge < -0.3 is 10.0 Å². The fourth-order valence-electron chi connectivity index (χ4n) is 4.37. The largest absolute Gasteiger partial charge is 0.388 e. The van der Waals surface area contributed by atoms with Crippen molar-refractivity contribution >= 4 is 17.2 Å². The molecule has 26 heavy (non-hydrogen) atoms. The molecule has 2 aliphatic rings. The van der Waals surface area contributed by atoms with Gasteiger partial charge in [0.15, 0.2) is 0 Å². The second kappa shape index (κ2) is 7.53. The van der Waals surface area contributed by atoms with Gasteiger partial charge in [0.1, 0.15) is 0 Å². The highest BCUT2D eigenvalue weighted by molar-refractivity contribution is 7.10. The second-order valence-corrected chi connectivity index (χ2v) is 8.85. The van der Waals surface area contributed by atoms with Crippen molar-refractivity contribution in [2.24, 2.45) is 11.8 Å². The number of rotatable bonds is 3. The Morgan fingerprint density at radius 3 is 2.65 bits per heavy atom. The minimum atomic E-state index is -0.427. The van der Waals surface area contributed by atoms with Gasteiger partial charge in [-0.25, -0.2) is 0 Å². The lowest BCUT2D eigenvalue weighted by molar-refractivity contribution is 0.0462. The number of carbonyl (C=O) groups is 1. The van der Waals surface area contributed by atoms with Crippen LogP contribution >= 0.6 is 11.3 Å². The van der Waals surface area contributed by atoms with E-state index in [0.29, 0.717) is 0 Å². The summed E-state index contributed by atoms with van der Waals surface area (Å²) in [6.07, 6.45) is 4.66. The van der Waals surface area contributed by atoms with Crippen LogP contribution in [0.3, 0.4) is 0 Å². The third-order valence-corrected chi connectivity index (χ3v) is 7.10. The Morgan fingerprint density at radius 1 is 1.19 bits per heavy atom. The molecule has 3 nitrogen and oxygen atoms in total. The SMILES string of the molecule is CC1CCc2c(C(=O)N3CCC(C(O)c4ccccc4)CC3)csc2C1. The number of carbonyl (C=O) groups excluding carboxylic acids is 1. The van der Waals surface area contributed by atoms with Crippen molar-refractivity contribution in [3.8, 4) is 0 Å². The van der Waals surface area contributed by atoms with E-state index in [1.54, 1.807) is 11.3 Å². The number of piperidine rings is 1. The van der Waals surface area contributed by atoms with E-state index in [4.69, 9.17) is 0 Å². The molecule has 1 fully saturated rings. The first kappa shape index (κ1) is 17.7. The van der Waals surface area contributed by atoms with E-state index >= 15 is 0 Å². The van der Waals surface area contributed by atoms with Crippen LogP contribution in [0, 0.1) is 11.8 Å². The van der Waals surface area contributed by atoms with E-state index in [0.717, 1.165) is 55.8 Å².